The Balaban J connectivity index is 2.01. The first-order valence-electron chi connectivity index (χ1n) is 15.2. The van der Waals surface area contributed by atoms with Crippen molar-refractivity contribution in [1.29, 1.82) is 5.41 Å². The van der Waals surface area contributed by atoms with Crippen LogP contribution in [0.1, 0.15) is 55.3 Å². The van der Waals surface area contributed by atoms with Gasteiger partial charge in [-0.3, -0.25) is 14.8 Å². The lowest BCUT2D eigenvalue weighted by molar-refractivity contribution is -0.137. The van der Waals surface area contributed by atoms with Crippen molar-refractivity contribution in [3.05, 3.63) is 59.5 Å². The summed E-state index contributed by atoms with van der Waals surface area (Å²) in [5.41, 5.74) is 5.15. The van der Waals surface area contributed by atoms with Crippen LogP contribution in [0, 0.1) is 5.41 Å². The van der Waals surface area contributed by atoms with Gasteiger partial charge in [-0.1, -0.05) is 31.0 Å². The summed E-state index contributed by atoms with van der Waals surface area (Å²) in [6.07, 6.45) is 3.01. The van der Waals surface area contributed by atoms with E-state index < -0.39 is 64.3 Å². The van der Waals surface area contributed by atoms with E-state index in [4.69, 9.17) is 20.7 Å². The highest BCUT2D eigenvalue weighted by Gasteiger charge is 2.35. The summed E-state index contributed by atoms with van der Waals surface area (Å²) in [5, 5.41) is 30.4. The Kier molecular flexibility index (Phi) is 11.6. The Bertz CT molecular complexity index is 2080. The molecule has 1 aliphatic carbocycles. The van der Waals surface area contributed by atoms with E-state index in [0.29, 0.717) is 32.1 Å². The van der Waals surface area contributed by atoms with Gasteiger partial charge in [0.25, 0.3) is 10.1 Å². The molecule has 0 amide bonds. The van der Waals surface area contributed by atoms with Gasteiger partial charge >= 0.3 is 11.9 Å². The van der Waals surface area contributed by atoms with Gasteiger partial charge in [-0.05, 0) is 75.2 Å². The van der Waals surface area contributed by atoms with E-state index in [1.165, 1.54) is 46.8 Å². The van der Waals surface area contributed by atoms with Crippen molar-refractivity contribution in [2.75, 3.05) is 32.4 Å². The number of carboxylic acid groups (broad SMARTS) is 2. The van der Waals surface area contributed by atoms with Crippen LogP contribution in [0.2, 0.25) is 0 Å². The highest BCUT2D eigenvalue weighted by Crippen LogP contribution is 2.46. The van der Waals surface area contributed by atoms with Crippen LogP contribution >= 0.6 is 0 Å². The van der Waals surface area contributed by atoms with Crippen LogP contribution in [0.4, 0.5) is 5.69 Å². The predicted octanol–water partition coefficient (Wildman–Crippen LogP) is 4.24. The molecule has 0 bridgehead atoms. The number of carboxylic acids is 2. The first-order valence-corrected chi connectivity index (χ1v) is 18.1. The number of aromatic carboxylic acids is 1. The SMILES string of the molecule is CNCCCCCN(CCCCCC(=O)O)S(=O)(=O)c1c2oc3c(S(=O)(=O)O)c(N)ccc3c(-c3ccccc3C(=O)O)c-2ccc1=N. The molecule has 0 aromatic heterocycles. The smallest absolute Gasteiger partial charge is 0.336 e. The number of aliphatic carboxylic acids is 1. The number of nitrogens with zero attached hydrogens (tertiary/aromatic N) is 1. The average Bonchev–Trinajstić information content (AvgIpc) is 3.01. The van der Waals surface area contributed by atoms with Gasteiger partial charge in [-0.2, -0.15) is 12.7 Å². The minimum atomic E-state index is -5.06. The van der Waals surface area contributed by atoms with E-state index in [9.17, 15) is 36.1 Å². The van der Waals surface area contributed by atoms with Gasteiger partial charge in [0.15, 0.2) is 21.1 Å². The summed E-state index contributed by atoms with van der Waals surface area (Å²) in [6, 6.07) is 11.1. The summed E-state index contributed by atoms with van der Waals surface area (Å²) < 4.78 is 71.7. The molecule has 16 heteroatoms. The zero-order chi connectivity index (χ0) is 35.2. The van der Waals surface area contributed by atoms with Gasteiger partial charge in [0.2, 0.25) is 10.0 Å². The topological polar surface area (TPSA) is 241 Å². The molecular weight excluding hydrogens is 665 g/mol. The molecule has 0 fully saturated rings. The van der Waals surface area contributed by atoms with Crippen molar-refractivity contribution in [1.82, 2.24) is 9.62 Å². The minimum Gasteiger partial charge on any atom is -0.481 e. The number of nitrogens with two attached hydrogens (primary N) is 1. The number of hydrogen-bond donors (Lipinski definition) is 6. The van der Waals surface area contributed by atoms with Gasteiger partial charge in [0.05, 0.1) is 16.6 Å². The predicted molar refractivity (Wildman–Crippen MR) is 178 cm³/mol. The number of anilines is 1. The van der Waals surface area contributed by atoms with E-state index in [1.54, 1.807) is 6.07 Å². The lowest BCUT2D eigenvalue weighted by atomic mass is 9.90. The Morgan fingerprint density at radius 3 is 2.17 bits per heavy atom. The van der Waals surface area contributed by atoms with E-state index in [2.05, 4.69) is 5.32 Å². The van der Waals surface area contributed by atoms with Gasteiger partial charge < -0.3 is 25.7 Å². The Labute approximate surface area is 277 Å². The van der Waals surface area contributed by atoms with Crippen LogP contribution in [0.5, 0.6) is 0 Å². The Morgan fingerprint density at radius 1 is 0.875 bits per heavy atom. The van der Waals surface area contributed by atoms with Crippen molar-refractivity contribution < 1.29 is 45.6 Å². The molecule has 1 aliphatic heterocycles. The van der Waals surface area contributed by atoms with Crippen molar-refractivity contribution >= 4 is 48.7 Å². The van der Waals surface area contributed by atoms with Crippen molar-refractivity contribution in [2.45, 2.75) is 54.7 Å². The van der Waals surface area contributed by atoms with Crippen molar-refractivity contribution in [2.24, 2.45) is 0 Å². The molecule has 1 heterocycles. The molecule has 258 valence electrons. The number of sulfonamides is 1. The first kappa shape index (κ1) is 36.5. The number of benzene rings is 3. The number of rotatable bonds is 17. The average molecular weight is 703 g/mol. The van der Waals surface area contributed by atoms with Crippen molar-refractivity contribution in [3.63, 3.8) is 0 Å². The summed E-state index contributed by atoms with van der Waals surface area (Å²) in [5.74, 6) is -2.69. The second-order valence-corrected chi connectivity index (χ2v) is 14.5. The van der Waals surface area contributed by atoms with Crippen LogP contribution in [0.3, 0.4) is 0 Å². The van der Waals surface area contributed by atoms with Gasteiger partial charge in [0.1, 0.15) is 0 Å². The third-order valence-electron chi connectivity index (χ3n) is 7.91. The third kappa shape index (κ3) is 7.85. The molecule has 48 heavy (non-hydrogen) atoms. The summed E-state index contributed by atoms with van der Waals surface area (Å²) >= 11 is 0. The number of nitrogen functional groups attached to an aromatic ring is 1. The summed E-state index contributed by atoms with van der Waals surface area (Å²) in [7, 11) is -7.80. The maximum absolute atomic E-state index is 14.5. The zero-order valence-corrected chi connectivity index (χ0v) is 27.9. The molecular formula is C32H38N4O10S2. The van der Waals surface area contributed by atoms with Crippen LogP contribution < -0.4 is 16.4 Å². The largest absolute Gasteiger partial charge is 0.481 e. The van der Waals surface area contributed by atoms with E-state index in [-0.39, 0.29) is 47.2 Å². The number of fused-ring (bicyclic) bond motifs is 2. The minimum absolute atomic E-state index is 0.00924. The highest BCUT2D eigenvalue weighted by atomic mass is 32.2. The van der Waals surface area contributed by atoms with Gasteiger partial charge in [-0.15, -0.1) is 0 Å². The molecule has 0 unspecified atom stereocenters. The van der Waals surface area contributed by atoms with Gasteiger partial charge in [0, 0.05) is 36.0 Å². The number of nitrogens with one attached hydrogen (secondary N) is 2. The first-order chi connectivity index (χ1) is 22.7. The zero-order valence-electron chi connectivity index (χ0n) is 26.2. The van der Waals surface area contributed by atoms with Crippen LogP contribution in [-0.2, 0) is 24.9 Å². The second-order valence-electron chi connectivity index (χ2n) is 11.3. The molecule has 0 saturated heterocycles. The molecule has 2 aromatic carbocycles. The molecule has 2 aromatic rings. The molecule has 14 nitrogen and oxygen atoms in total. The quantitative estimate of drug-likeness (QED) is 0.0392. The number of carbonyl (C=O) groups is 2. The lowest BCUT2D eigenvalue weighted by Crippen LogP contribution is -2.36. The van der Waals surface area contributed by atoms with Crippen LogP contribution in [-0.4, -0.2) is 74.5 Å². The second kappa shape index (κ2) is 15.3. The van der Waals surface area contributed by atoms with Crippen LogP contribution in [0.15, 0.2) is 62.7 Å². The molecule has 0 saturated carbocycles. The summed E-state index contributed by atoms with van der Waals surface area (Å²) in [4.78, 5) is 21.9. The molecule has 0 atom stereocenters. The van der Waals surface area contributed by atoms with Crippen LogP contribution in [0.25, 0.3) is 33.4 Å². The van der Waals surface area contributed by atoms with E-state index in [1.807, 2.05) is 7.05 Å². The summed E-state index contributed by atoms with van der Waals surface area (Å²) in [6.45, 7) is 0.815. The maximum Gasteiger partial charge on any atom is 0.336 e. The number of unbranched alkanes of at least 4 members (excludes halogenated alkanes) is 4. The normalized spacial score (nSPS) is 12.2. The fourth-order valence-electron chi connectivity index (χ4n) is 5.67. The third-order valence-corrected chi connectivity index (χ3v) is 10.8. The van der Waals surface area contributed by atoms with Gasteiger partial charge in [-0.25, -0.2) is 13.2 Å². The Morgan fingerprint density at radius 2 is 1.54 bits per heavy atom. The molecule has 0 spiro atoms. The molecule has 7 N–H and O–H groups in total. The standard InChI is InChI=1S/C32H38N4O10S2/c1-35-17-7-3-9-19-36(18-8-2-4-12-26(37)38)47(41,42)30-24(33)15-13-22-27(20-10-5-6-11-21(20)32(39)40)23-14-16-25(34)31(48(43,44)45)29(23)46-28(22)30/h5-6,10-11,13-16,33,35H,2-4,7-9,12,17-19,34H2,1H3,(H,37,38)(H,39,40)(H,43,44,45). The molecule has 2 aliphatic rings. The lowest BCUT2D eigenvalue weighted by Gasteiger charge is -2.25. The monoisotopic (exact) mass is 702 g/mol. The molecule has 4 rings (SSSR count). The fourth-order valence-corrected chi connectivity index (χ4v) is 8.15. The van der Waals surface area contributed by atoms with Crippen molar-refractivity contribution in [3.8, 4) is 22.5 Å². The fraction of sp³-hybridized carbons (Fsp3) is 0.344. The molecule has 0 radical (unpaired) electrons. The van der Waals surface area contributed by atoms with E-state index >= 15 is 0 Å². The number of hydrogen-bond acceptors (Lipinski definition) is 10. The Hall–Kier alpha value is -4.35. The maximum atomic E-state index is 14.5. The highest BCUT2D eigenvalue weighted by molar-refractivity contribution is 7.89. The van der Waals surface area contributed by atoms with E-state index in [0.717, 1.165) is 13.0 Å².